The van der Waals surface area contributed by atoms with Crippen LogP contribution in [0.4, 0.5) is 0 Å². The van der Waals surface area contributed by atoms with E-state index in [0.717, 1.165) is 5.56 Å². The van der Waals surface area contributed by atoms with Crippen molar-refractivity contribution in [1.29, 1.82) is 0 Å². The summed E-state index contributed by atoms with van der Waals surface area (Å²) in [5.41, 5.74) is 5.52. The lowest BCUT2D eigenvalue weighted by Crippen LogP contribution is -2.67. The van der Waals surface area contributed by atoms with Gasteiger partial charge in [0, 0.05) is 18.6 Å². The standard InChI is InChI=1S/C40H63N3O23/c1-40(2)20(42-35(57)34(40)43-21(48)9-41)8-14-4-6-15(7-5-14)59-36-27(54)23(50)31(17(11-45)61-36)65-38-29(56)25(52)33(19(13-47)63-38)66-39-28(55)24(51)32(18(12-46)62-39)64-37-26(53)22(49)30(58-3)16(10-44)60-37/h4-7,16-20,22-34,36-39,44-47,49-56H,8-13,41H2,1-3H3,(H,42,57)(H,43,48). The molecule has 0 aromatic heterocycles. The predicted molar refractivity (Wildman–Crippen MR) is 214 cm³/mol. The zero-order valence-electron chi connectivity index (χ0n) is 36.2. The third kappa shape index (κ3) is 10.8. The molecule has 16 N–H and O–H groups in total. The predicted octanol–water partition coefficient (Wildman–Crippen LogP) is -8.50. The zero-order valence-corrected chi connectivity index (χ0v) is 36.2. The Morgan fingerprint density at radius 2 is 1.02 bits per heavy atom. The number of carbonyl (C=O) groups excluding carboxylic acids is 2. The lowest BCUT2D eigenvalue weighted by Gasteiger charge is -2.49. The van der Waals surface area contributed by atoms with Gasteiger partial charge >= 0.3 is 0 Å². The smallest absolute Gasteiger partial charge is 0.243 e. The molecule has 0 radical (unpaired) electrons. The number of benzene rings is 1. The molecule has 0 saturated carbocycles. The van der Waals surface area contributed by atoms with Gasteiger partial charge in [0.05, 0.1) is 33.0 Å². The molecular formula is C40H63N3O23. The van der Waals surface area contributed by atoms with Crippen LogP contribution in [0.2, 0.25) is 0 Å². The number of nitrogens with two attached hydrogens (primary N) is 1. The van der Waals surface area contributed by atoms with E-state index in [-0.39, 0.29) is 24.2 Å². The first kappa shape index (κ1) is 52.5. The summed E-state index contributed by atoms with van der Waals surface area (Å²) in [6, 6.07) is 5.36. The molecule has 5 aliphatic heterocycles. The summed E-state index contributed by atoms with van der Waals surface area (Å²) < 4.78 is 50.6. The third-order valence-corrected chi connectivity index (χ3v) is 12.8. The molecule has 22 atom stereocenters. The first-order valence-electron chi connectivity index (χ1n) is 21.4. The first-order valence-corrected chi connectivity index (χ1v) is 21.4. The summed E-state index contributed by atoms with van der Waals surface area (Å²) in [6.07, 6.45) is -33.7. The Balaban J connectivity index is 1.04. The van der Waals surface area contributed by atoms with Crippen molar-refractivity contribution < 1.29 is 113 Å². The Kier molecular flexibility index (Phi) is 17.7. The van der Waals surface area contributed by atoms with E-state index in [1.165, 1.54) is 7.11 Å². The Morgan fingerprint density at radius 1 is 0.636 bits per heavy atom. The van der Waals surface area contributed by atoms with E-state index < -0.39 is 167 Å². The van der Waals surface area contributed by atoms with E-state index in [2.05, 4.69) is 10.6 Å². The number of ether oxygens (including phenoxy) is 9. The Labute approximate surface area is 377 Å². The molecule has 5 fully saturated rings. The second-order valence-electron chi connectivity index (χ2n) is 17.4. The normalized spacial score (nSPS) is 43.8. The number of aliphatic hydroxyl groups is 12. The van der Waals surface area contributed by atoms with Crippen molar-refractivity contribution in [2.24, 2.45) is 11.1 Å². The van der Waals surface area contributed by atoms with Gasteiger partial charge in [-0.25, -0.2) is 0 Å². The number of carbonyl (C=O) groups is 2. The summed E-state index contributed by atoms with van der Waals surface area (Å²) in [5.74, 6) is -0.621. The summed E-state index contributed by atoms with van der Waals surface area (Å²) in [6.45, 7) is 0.121. The van der Waals surface area contributed by atoms with Crippen molar-refractivity contribution in [3.8, 4) is 5.75 Å². The molecule has 376 valence electrons. The van der Waals surface area contributed by atoms with Crippen molar-refractivity contribution in [3.05, 3.63) is 29.8 Å². The Bertz CT molecular complexity index is 1730. The molecule has 5 heterocycles. The second-order valence-corrected chi connectivity index (χ2v) is 17.4. The van der Waals surface area contributed by atoms with Crippen LogP contribution in [0.5, 0.6) is 5.75 Å². The van der Waals surface area contributed by atoms with Gasteiger partial charge in [0.15, 0.2) is 18.9 Å². The van der Waals surface area contributed by atoms with Gasteiger partial charge in [-0.3, -0.25) is 9.59 Å². The highest BCUT2D eigenvalue weighted by Crippen LogP contribution is 2.36. The first-order chi connectivity index (χ1) is 31.3. The third-order valence-electron chi connectivity index (χ3n) is 12.8. The number of amides is 2. The van der Waals surface area contributed by atoms with Crippen LogP contribution in [-0.4, -0.2) is 248 Å². The minimum Gasteiger partial charge on any atom is -0.462 e. The van der Waals surface area contributed by atoms with Gasteiger partial charge in [-0.15, -0.1) is 0 Å². The Morgan fingerprint density at radius 3 is 1.41 bits per heavy atom. The monoisotopic (exact) mass is 953 g/mol. The average Bonchev–Trinajstić information content (AvgIpc) is 3.51. The topological polar surface area (TPSA) is 410 Å². The lowest BCUT2D eigenvalue weighted by atomic mass is 9.78. The van der Waals surface area contributed by atoms with E-state index in [9.17, 15) is 70.9 Å². The maximum atomic E-state index is 12.7. The van der Waals surface area contributed by atoms with Crippen LogP contribution in [0.15, 0.2) is 24.3 Å². The summed E-state index contributed by atoms with van der Waals surface area (Å²) >= 11 is 0. The van der Waals surface area contributed by atoms with Crippen LogP contribution in [-0.2, 0) is 53.9 Å². The molecular weight excluding hydrogens is 890 g/mol. The van der Waals surface area contributed by atoms with E-state index in [4.69, 9.17) is 48.4 Å². The van der Waals surface area contributed by atoms with E-state index in [1.807, 2.05) is 13.8 Å². The summed E-state index contributed by atoms with van der Waals surface area (Å²) in [7, 11) is 1.21. The number of rotatable bonds is 17. The van der Waals surface area contributed by atoms with Crippen LogP contribution < -0.4 is 21.1 Å². The molecule has 2 amide bonds. The minimum atomic E-state index is -2.05. The summed E-state index contributed by atoms with van der Waals surface area (Å²) in [5, 5.41) is 134. The molecule has 1 aromatic rings. The van der Waals surface area contributed by atoms with Crippen molar-refractivity contribution in [1.82, 2.24) is 10.6 Å². The molecule has 22 unspecified atom stereocenters. The maximum Gasteiger partial charge on any atom is 0.243 e. The lowest BCUT2D eigenvalue weighted by molar-refractivity contribution is -0.387. The quantitative estimate of drug-likeness (QED) is 0.0689. The van der Waals surface area contributed by atoms with Crippen molar-refractivity contribution in [3.63, 3.8) is 0 Å². The van der Waals surface area contributed by atoms with Gasteiger partial charge in [0.25, 0.3) is 0 Å². The zero-order chi connectivity index (χ0) is 48.4. The van der Waals surface area contributed by atoms with Crippen LogP contribution >= 0.6 is 0 Å². The fraction of sp³-hybridized carbons (Fsp3) is 0.800. The largest absolute Gasteiger partial charge is 0.462 e. The van der Waals surface area contributed by atoms with Gasteiger partial charge in [-0.2, -0.15) is 0 Å². The van der Waals surface area contributed by atoms with Gasteiger partial charge in [-0.1, -0.05) is 26.0 Å². The molecule has 0 bridgehead atoms. The maximum absolute atomic E-state index is 12.7. The van der Waals surface area contributed by atoms with Crippen molar-refractivity contribution in [2.45, 2.75) is 155 Å². The number of hydrogen-bond donors (Lipinski definition) is 15. The molecule has 26 nitrogen and oxygen atoms in total. The highest BCUT2D eigenvalue weighted by atomic mass is 16.8. The van der Waals surface area contributed by atoms with Gasteiger partial charge in [-0.05, 0) is 24.1 Å². The van der Waals surface area contributed by atoms with E-state index >= 15 is 0 Å². The SMILES string of the molecule is COC1C(CO)OC(OC2C(CO)OC(OC3C(CO)OC(OC4C(CO)OC(Oc5ccc(CC6NC(=O)C(NC(=O)CN)C6(C)C)cc5)C(O)C4O)C(O)C3O)C(O)C2O)C(O)C1O. The van der Waals surface area contributed by atoms with Crippen LogP contribution in [0.25, 0.3) is 0 Å². The van der Waals surface area contributed by atoms with Crippen molar-refractivity contribution in [2.75, 3.05) is 40.1 Å². The molecule has 6 rings (SSSR count). The van der Waals surface area contributed by atoms with Gasteiger partial charge in [0.1, 0.15) is 109 Å². The van der Waals surface area contributed by atoms with E-state index in [1.54, 1.807) is 24.3 Å². The highest BCUT2D eigenvalue weighted by Gasteiger charge is 2.56. The van der Waals surface area contributed by atoms with Crippen molar-refractivity contribution >= 4 is 11.8 Å². The van der Waals surface area contributed by atoms with Crippen LogP contribution in [0, 0.1) is 5.41 Å². The van der Waals surface area contributed by atoms with E-state index in [0.29, 0.717) is 6.42 Å². The number of aliphatic hydroxyl groups excluding tert-OH is 12. The fourth-order valence-corrected chi connectivity index (χ4v) is 8.74. The molecule has 0 aliphatic carbocycles. The van der Waals surface area contributed by atoms with Crippen LogP contribution in [0.3, 0.4) is 0 Å². The molecule has 5 aliphatic rings. The number of hydrogen-bond acceptors (Lipinski definition) is 24. The minimum absolute atomic E-state index is 0.182. The molecule has 26 heteroatoms. The number of nitrogens with one attached hydrogen (secondary N) is 2. The molecule has 5 saturated heterocycles. The molecule has 0 spiro atoms. The van der Waals surface area contributed by atoms with Crippen LogP contribution in [0.1, 0.15) is 19.4 Å². The van der Waals surface area contributed by atoms with Gasteiger partial charge in [0.2, 0.25) is 18.1 Å². The fourth-order valence-electron chi connectivity index (χ4n) is 8.74. The van der Waals surface area contributed by atoms with Gasteiger partial charge < -0.3 is 120 Å². The molecule has 1 aromatic carbocycles. The molecule has 66 heavy (non-hydrogen) atoms. The Hall–Kier alpha value is -2.88. The summed E-state index contributed by atoms with van der Waals surface area (Å²) in [4.78, 5) is 24.6. The average molecular weight is 954 g/mol. The highest BCUT2D eigenvalue weighted by molar-refractivity contribution is 5.91. The number of methoxy groups -OCH3 is 1. The second kappa shape index (κ2) is 22.3.